The highest BCUT2D eigenvalue weighted by molar-refractivity contribution is 6.06. The fourth-order valence-corrected chi connectivity index (χ4v) is 3.84. The summed E-state index contributed by atoms with van der Waals surface area (Å²) in [4.78, 5) is 37.3. The van der Waals surface area contributed by atoms with Gasteiger partial charge in [-0.3, -0.25) is 14.5 Å². The highest BCUT2D eigenvalue weighted by Crippen LogP contribution is 2.40. The predicted octanol–water partition coefficient (Wildman–Crippen LogP) is 2.82. The minimum atomic E-state index is -0.877. The van der Waals surface area contributed by atoms with Gasteiger partial charge in [-0.15, -0.1) is 0 Å². The van der Waals surface area contributed by atoms with Gasteiger partial charge in [-0.25, -0.2) is 4.79 Å². The van der Waals surface area contributed by atoms with Gasteiger partial charge in [0, 0.05) is 19.0 Å². The maximum absolute atomic E-state index is 12.2. The van der Waals surface area contributed by atoms with Crippen molar-refractivity contribution in [2.45, 2.75) is 84.7 Å². The molecule has 0 bridgehead atoms. The van der Waals surface area contributed by atoms with Crippen LogP contribution in [0.5, 0.6) is 0 Å². The summed E-state index contributed by atoms with van der Waals surface area (Å²) in [5, 5.41) is 5.70. The van der Waals surface area contributed by atoms with Crippen LogP contribution in [0.4, 0.5) is 4.79 Å². The van der Waals surface area contributed by atoms with Crippen molar-refractivity contribution in [1.82, 2.24) is 15.5 Å². The van der Waals surface area contributed by atoms with Crippen molar-refractivity contribution < 1.29 is 14.4 Å². The maximum Gasteiger partial charge on any atom is 0.325 e. The van der Waals surface area contributed by atoms with Gasteiger partial charge in [0.05, 0.1) is 0 Å². The van der Waals surface area contributed by atoms with Crippen LogP contribution in [0.15, 0.2) is 0 Å². The third kappa shape index (κ3) is 4.53. The second-order valence-electron chi connectivity index (χ2n) is 8.72. The molecule has 1 aliphatic carbocycles. The molecule has 1 aliphatic heterocycles. The molecule has 142 valence electrons. The molecule has 25 heavy (non-hydrogen) atoms. The molecule has 0 spiro atoms. The van der Waals surface area contributed by atoms with E-state index in [1.165, 1.54) is 6.42 Å². The fraction of sp³-hybridized carbons (Fsp3) is 0.842. The molecule has 0 radical (unpaired) electrons. The SMILES string of the molecule is CCC(C)(C)C1CCC(NC(=O)CCN2C(=O)NC(C)(C)C2=O)CC1. The van der Waals surface area contributed by atoms with Crippen molar-refractivity contribution in [3.8, 4) is 0 Å². The Balaban J connectivity index is 1.75. The van der Waals surface area contributed by atoms with Gasteiger partial charge in [-0.05, 0) is 50.9 Å². The molecule has 0 atom stereocenters. The monoisotopic (exact) mass is 351 g/mol. The first-order valence-electron chi connectivity index (χ1n) is 9.50. The van der Waals surface area contributed by atoms with Crippen LogP contribution in [0.2, 0.25) is 0 Å². The molecule has 2 N–H and O–H groups in total. The summed E-state index contributed by atoms with van der Waals surface area (Å²) in [6, 6.07) is -0.193. The van der Waals surface area contributed by atoms with Gasteiger partial charge in [-0.1, -0.05) is 27.2 Å². The van der Waals surface area contributed by atoms with E-state index in [1.807, 2.05) is 0 Å². The molecule has 1 saturated heterocycles. The van der Waals surface area contributed by atoms with Crippen molar-refractivity contribution in [1.29, 1.82) is 0 Å². The molecule has 2 rings (SSSR count). The minimum Gasteiger partial charge on any atom is -0.353 e. The first-order chi connectivity index (χ1) is 11.6. The molecule has 6 heteroatoms. The lowest BCUT2D eigenvalue weighted by Crippen LogP contribution is -2.42. The predicted molar refractivity (Wildman–Crippen MR) is 96.9 cm³/mol. The number of carbonyl (C=O) groups excluding carboxylic acids is 3. The third-order valence-electron chi connectivity index (χ3n) is 6.12. The molecule has 2 aliphatic rings. The van der Waals surface area contributed by atoms with Gasteiger partial charge in [0.1, 0.15) is 5.54 Å². The van der Waals surface area contributed by atoms with Gasteiger partial charge in [0.25, 0.3) is 5.91 Å². The third-order valence-corrected chi connectivity index (χ3v) is 6.12. The lowest BCUT2D eigenvalue weighted by Gasteiger charge is -2.39. The molecule has 0 aromatic rings. The number of imide groups is 1. The fourth-order valence-electron chi connectivity index (χ4n) is 3.84. The number of hydrogen-bond donors (Lipinski definition) is 2. The summed E-state index contributed by atoms with van der Waals surface area (Å²) < 4.78 is 0. The van der Waals surface area contributed by atoms with Crippen molar-refractivity contribution in [2.75, 3.05) is 6.54 Å². The van der Waals surface area contributed by atoms with Crippen LogP contribution in [0, 0.1) is 11.3 Å². The number of urea groups is 1. The average molecular weight is 351 g/mol. The molecule has 2 fully saturated rings. The number of hydrogen-bond acceptors (Lipinski definition) is 3. The van der Waals surface area contributed by atoms with Crippen LogP contribution in [0.3, 0.4) is 0 Å². The Bertz CT molecular complexity index is 534. The zero-order valence-electron chi connectivity index (χ0n) is 16.3. The Kier molecular flexibility index (Phi) is 5.79. The van der Waals surface area contributed by atoms with Gasteiger partial charge in [0.2, 0.25) is 5.91 Å². The van der Waals surface area contributed by atoms with Crippen LogP contribution in [-0.2, 0) is 9.59 Å². The molecule has 0 aromatic heterocycles. The van der Waals surface area contributed by atoms with E-state index in [0.29, 0.717) is 5.41 Å². The second kappa shape index (κ2) is 7.34. The van der Waals surface area contributed by atoms with E-state index in [2.05, 4.69) is 31.4 Å². The summed E-state index contributed by atoms with van der Waals surface area (Å²) in [7, 11) is 0. The molecular weight excluding hydrogens is 318 g/mol. The van der Waals surface area contributed by atoms with E-state index in [1.54, 1.807) is 13.8 Å². The average Bonchev–Trinajstić information content (AvgIpc) is 2.74. The zero-order valence-corrected chi connectivity index (χ0v) is 16.3. The van der Waals surface area contributed by atoms with E-state index >= 15 is 0 Å². The summed E-state index contributed by atoms with van der Waals surface area (Å²) in [5.74, 6) is 0.370. The van der Waals surface area contributed by atoms with Crippen LogP contribution < -0.4 is 10.6 Å². The molecule has 1 saturated carbocycles. The molecule has 4 amide bonds. The van der Waals surface area contributed by atoms with E-state index in [0.717, 1.165) is 36.5 Å². The van der Waals surface area contributed by atoms with Crippen LogP contribution >= 0.6 is 0 Å². The lowest BCUT2D eigenvalue weighted by atomic mass is 9.69. The first kappa shape index (κ1) is 19.7. The first-order valence-corrected chi connectivity index (χ1v) is 9.50. The molecule has 6 nitrogen and oxygen atoms in total. The largest absolute Gasteiger partial charge is 0.353 e. The Morgan fingerprint density at radius 1 is 1.24 bits per heavy atom. The summed E-state index contributed by atoms with van der Waals surface area (Å²) in [6.45, 7) is 10.4. The van der Waals surface area contributed by atoms with E-state index in [9.17, 15) is 14.4 Å². The summed E-state index contributed by atoms with van der Waals surface area (Å²) in [5.41, 5.74) is -0.511. The maximum atomic E-state index is 12.2. The number of nitrogens with one attached hydrogen (secondary N) is 2. The molecule has 0 unspecified atom stereocenters. The Morgan fingerprint density at radius 2 is 1.84 bits per heavy atom. The zero-order chi connectivity index (χ0) is 18.8. The number of amides is 4. The van der Waals surface area contributed by atoms with Crippen molar-refractivity contribution in [2.24, 2.45) is 11.3 Å². The highest BCUT2D eigenvalue weighted by atomic mass is 16.2. The van der Waals surface area contributed by atoms with Gasteiger partial charge >= 0.3 is 6.03 Å². The number of nitrogens with zero attached hydrogens (tertiary/aromatic N) is 1. The van der Waals surface area contributed by atoms with Gasteiger partial charge in [0.15, 0.2) is 0 Å². The standard InChI is InChI=1S/C19H33N3O3/c1-6-18(2,3)13-7-9-14(10-8-13)20-15(23)11-12-22-16(24)19(4,5)21-17(22)25/h13-14H,6-12H2,1-5H3,(H,20,23)(H,21,25). The second-order valence-corrected chi connectivity index (χ2v) is 8.72. The minimum absolute atomic E-state index is 0.0801. The molecular formula is C19H33N3O3. The number of rotatable bonds is 6. The van der Waals surface area contributed by atoms with Crippen molar-refractivity contribution in [3.05, 3.63) is 0 Å². The van der Waals surface area contributed by atoms with Crippen LogP contribution in [0.25, 0.3) is 0 Å². The van der Waals surface area contributed by atoms with Crippen molar-refractivity contribution >= 4 is 17.8 Å². The van der Waals surface area contributed by atoms with Crippen molar-refractivity contribution in [3.63, 3.8) is 0 Å². The smallest absolute Gasteiger partial charge is 0.325 e. The molecule has 1 heterocycles. The quantitative estimate of drug-likeness (QED) is 0.722. The Labute approximate surface area is 151 Å². The van der Waals surface area contributed by atoms with Gasteiger partial charge in [-0.2, -0.15) is 0 Å². The van der Waals surface area contributed by atoms with Crippen LogP contribution in [-0.4, -0.2) is 40.9 Å². The van der Waals surface area contributed by atoms with E-state index < -0.39 is 11.6 Å². The normalized spacial score (nSPS) is 26.5. The van der Waals surface area contributed by atoms with Gasteiger partial charge < -0.3 is 10.6 Å². The number of carbonyl (C=O) groups is 3. The van der Waals surface area contributed by atoms with E-state index in [4.69, 9.17) is 0 Å². The Morgan fingerprint density at radius 3 is 2.32 bits per heavy atom. The topological polar surface area (TPSA) is 78.5 Å². The lowest BCUT2D eigenvalue weighted by molar-refractivity contribution is -0.130. The Hall–Kier alpha value is -1.59. The van der Waals surface area contributed by atoms with Crippen LogP contribution in [0.1, 0.15) is 73.1 Å². The molecule has 0 aromatic carbocycles. The summed E-state index contributed by atoms with van der Waals surface area (Å²) in [6.07, 6.45) is 5.65. The highest BCUT2D eigenvalue weighted by Gasteiger charge is 2.44. The van der Waals surface area contributed by atoms with E-state index in [-0.39, 0.29) is 30.8 Å². The summed E-state index contributed by atoms with van der Waals surface area (Å²) >= 11 is 0.